The van der Waals surface area contributed by atoms with Gasteiger partial charge in [0.25, 0.3) is 0 Å². The van der Waals surface area contributed by atoms with E-state index in [2.05, 4.69) is 13.0 Å². The lowest BCUT2D eigenvalue weighted by Crippen LogP contribution is -2.30. The lowest BCUT2D eigenvalue weighted by atomic mass is 9.81. The minimum Gasteiger partial charge on any atom is -0.390 e. The van der Waals surface area contributed by atoms with Gasteiger partial charge in [-0.05, 0) is 40.0 Å². The van der Waals surface area contributed by atoms with Gasteiger partial charge in [-0.15, -0.1) is 0 Å². The van der Waals surface area contributed by atoms with Gasteiger partial charge in [0.05, 0.1) is 5.60 Å². The quantitative estimate of drug-likeness (QED) is 0.575. The van der Waals surface area contributed by atoms with Crippen LogP contribution in [-0.4, -0.2) is 10.7 Å². The summed E-state index contributed by atoms with van der Waals surface area (Å²) in [6, 6.07) is 0. The average molecular weight is 154 g/mol. The van der Waals surface area contributed by atoms with E-state index in [0.29, 0.717) is 5.92 Å². The van der Waals surface area contributed by atoms with Crippen LogP contribution in [0.5, 0.6) is 0 Å². The first kappa shape index (κ1) is 8.79. The van der Waals surface area contributed by atoms with Crippen LogP contribution in [0, 0.1) is 5.92 Å². The van der Waals surface area contributed by atoms with E-state index in [9.17, 15) is 5.11 Å². The van der Waals surface area contributed by atoms with Crippen molar-refractivity contribution in [2.45, 2.75) is 45.6 Å². The third kappa shape index (κ3) is 2.33. The Morgan fingerprint density at radius 1 is 1.55 bits per heavy atom. The highest BCUT2D eigenvalue weighted by molar-refractivity contribution is 5.08. The molecule has 0 spiro atoms. The Hall–Kier alpha value is -0.300. The highest BCUT2D eigenvalue weighted by atomic mass is 16.3. The van der Waals surface area contributed by atoms with Gasteiger partial charge in [0.1, 0.15) is 0 Å². The second kappa shape index (κ2) is 2.98. The summed E-state index contributed by atoms with van der Waals surface area (Å²) in [5.41, 5.74) is 0.908. The first-order valence-electron chi connectivity index (χ1n) is 4.40. The summed E-state index contributed by atoms with van der Waals surface area (Å²) >= 11 is 0. The summed E-state index contributed by atoms with van der Waals surface area (Å²) < 4.78 is 0. The molecule has 1 aliphatic carbocycles. The van der Waals surface area contributed by atoms with Gasteiger partial charge in [-0.3, -0.25) is 0 Å². The second-order valence-electron chi connectivity index (χ2n) is 4.17. The van der Waals surface area contributed by atoms with Gasteiger partial charge in [-0.25, -0.2) is 0 Å². The molecule has 1 heteroatoms. The smallest absolute Gasteiger partial charge is 0.0654 e. The summed E-state index contributed by atoms with van der Waals surface area (Å²) in [6.45, 7) is 5.94. The van der Waals surface area contributed by atoms with Crippen molar-refractivity contribution in [1.29, 1.82) is 0 Å². The van der Waals surface area contributed by atoms with Crippen LogP contribution in [0.4, 0.5) is 0 Å². The molecule has 1 nitrogen and oxygen atoms in total. The third-order valence-electron chi connectivity index (χ3n) is 2.48. The lowest BCUT2D eigenvalue weighted by molar-refractivity contribution is 0.0307. The van der Waals surface area contributed by atoms with E-state index in [1.54, 1.807) is 0 Å². The third-order valence-corrected chi connectivity index (χ3v) is 2.48. The molecule has 11 heavy (non-hydrogen) atoms. The van der Waals surface area contributed by atoms with Crippen LogP contribution < -0.4 is 0 Å². The fourth-order valence-electron chi connectivity index (χ4n) is 1.67. The lowest BCUT2D eigenvalue weighted by Gasteiger charge is -2.30. The Morgan fingerprint density at radius 3 is 2.55 bits per heavy atom. The highest BCUT2D eigenvalue weighted by Gasteiger charge is 2.26. The maximum Gasteiger partial charge on any atom is 0.0654 e. The molecule has 0 heterocycles. The molecule has 0 amide bonds. The molecule has 0 saturated carbocycles. The SMILES string of the molecule is CC1=C[C@@H](C(C)(C)O)CCC1. The van der Waals surface area contributed by atoms with E-state index in [0.717, 1.165) is 6.42 Å². The summed E-state index contributed by atoms with van der Waals surface area (Å²) in [5, 5.41) is 9.72. The highest BCUT2D eigenvalue weighted by Crippen LogP contribution is 2.30. The Morgan fingerprint density at radius 2 is 2.18 bits per heavy atom. The molecule has 0 unspecified atom stereocenters. The molecule has 0 fully saturated rings. The molecule has 1 atom stereocenters. The first-order valence-corrected chi connectivity index (χ1v) is 4.40. The Bertz CT molecular complexity index is 162. The maximum absolute atomic E-state index is 9.72. The maximum atomic E-state index is 9.72. The summed E-state index contributed by atoms with van der Waals surface area (Å²) in [7, 11) is 0. The van der Waals surface area contributed by atoms with Crippen molar-refractivity contribution in [1.82, 2.24) is 0 Å². The van der Waals surface area contributed by atoms with Crippen molar-refractivity contribution in [2.24, 2.45) is 5.92 Å². The normalized spacial score (nSPS) is 26.5. The van der Waals surface area contributed by atoms with Gasteiger partial charge in [0, 0.05) is 5.92 Å². The number of allylic oxidation sites excluding steroid dienone is 1. The average Bonchev–Trinajstić information content (AvgIpc) is 1.86. The molecular weight excluding hydrogens is 136 g/mol. The topological polar surface area (TPSA) is 20.2 Å². The molecule has 0 aromatic heterocycles. The summed E-state index contributed by atoms with van der Waals surface area (Å²) in [5.74, 6) is 0.372. The Balaban J connectivity index is 2.67. The zero-order valence-electron chi connectivity index (χ0n) is 7.72. The van der Waals surface area contributed by atoms with E-state index in [-0.39, 0.29) is 0 Å². The van der Waals surface area contributed by atoms with Crippen molar-refractivity contribution in [2.75, 3.05) is 0 Å². The monoisotopic (exact) mass is 154 g/mol. The van der Waals surface area contributed by atoms with Crippen LogP contribution in [0.2, 0.25) is 0 Å². The first-order chi connectivity index (χ1) is 5.00. The summed E-state index contributed by atoms with van der Waals surface area (Å²) in [4.78, 5) is 0. The number of rotatable bonds is 1. The molecule has 64 valence electrons. The largest absolute Gasteiger partial charge is 0.390 e. The number of aliphatic hydroxyl groups is 1. The van der Waals surface area contributed by atoms with Crippen LogP contribution in [0.1, 0.15) is 40.0 Å². The second-order valence-corrected chi connectivity index (χ2v) is 4.17. The standard InChI is InChI=1S/C10H18O/c1-8-5-4-6-9(7-8)10(2,3)11/h7,9,11H,4-6H2,1-3H3/t9-/m0/s1. The number of hydrogen-bond acceptors (Lipinski definition) is 1. The van der Waals surface area contributed by atoms with E-state index < -0.39 is 5.60 Å². The van der Waals surface area contributed by atoms with E-state index in [1.165, 1.54) is 18.4 Å². The molecule has 0 aliphatic heterocycles. The molecule has 0 aromatic rings. The van der Waals surface area contributed by atoms with Gasteiger partial charge in [0.2, 0.25) is 0 Å². The van der Waals surface area contributed by atoms with Crippen molar-refractivity contribution in [3.05, 3.63) is 11.6 Å². The Kier molecular flexibility index (Phi) is 2.38. The van der Waals surface area contributed by atoms with Crippen LogP contribution in [0.15, 0.2) is 11.6 Å². The molecule has 1 N–H and O–H groups in total. The van der Waals surface area contributed by atoms with Gasteiger partial charge >= 0.3 is 0 Å². The van der Waals surface area contributed by atoms with Crippen molar-refractivity contribution in [3.63, 3.8) is 0 Å². The van der Waals surface area contributed by atoms with Gasteiger partial charge < -0.3 is 5.11 Å². The molecule has 0 bridgehead atoms. The van der Waals surface area contributed by atoms with Crippen LogP contribution in [0.25, 0.3) is 0 Å². The molecule has 0 radical (unpaired) electrons. The minimum atomic E-state index is -0.526. The van der Waals surface area contributed by atoms with E-state index in [1.807, 2.05) is 13.8 Å². The van der Waals surface area contributed by atoms with Crippen LogP contribution in [0.3, 0.4) is 0 Å². The van der Waals surface area contributed by atoms with Crippen LogP contribution in [-0.2, 0) is 0 Å². The van der Waals surface area contributed by atoms with Crippen molar-refractivity contribution < 1.29 is 5.11 Å². The van der Waals surface area contributed by atoms with Gasteiger partial charge in [-0.1, -0.05) is 11.6 Å². The Labute approximate surface area is 69.1 Å². The van der Waals surface area contributed by atoms with Crippen molar-refractivity contribution in [3.8, 4) is 0 Å². The molecular formula is C10H18O. The zero-order chi connectivity index (χ0) is 8.48. The molecule has 1 aliphatic rings. The van der Waals surface area contributed by atoms with Crippen LogP contribution >= 0.6 is 0 Å². The van der Waals surface area contributed by atoms with Gasteiger partial charge in [-0.2, -0.15) is 0 Å². The summed E-state index contributed by atoms with van der Waals surface area (Å²) in [6.07, 6.45) is 5.81. The van der Waals surface area contributed by atoms with Crippen molar-refractivity contribution >= 4 is 0 Å². The predicted molar refractivity (Wildman–Crippen MR) is 47.4 cm³/mol. The molecule has 1 rings (SSSR count). The van der Waals surface area contributed by atoms with E-state index in [4.69, 9.17) is 0 Å². The molecule has 0 aromatic carbocycles. The fourth-order valence-corrected chi connectivity index (χ4v) is 1.67. The molecule has 0 saturated heterocycles. The number of hydrogen-bond donors (Lipinski definition) is 1. The fraction of sp³-hybridized carbons (Fsp3) is 0.800. The zero-order valence-corrected chi connectivity index (χ0v) is 7.72. The predicted octanol–water partition coefficient (Wildman–Crippen LogP) is 2.50. The van der Waals surface area contributed by atoms with Gasteiger partial charge in [0.15, 0.2) is 0 Å². The van der Waals surface area contributed by atoms with E-state index >= 15 is 0 Å². The minimum absolute atomic E-state index is 0.372.